The van der Waals surface area contributed by atoms with Crippen LogP contribution in [-0.2, 0) is 4.79 Å². The van der Waals surface area contributed by atoms with Crippen molar-refractivity contribution in [1.82, 2.24) is 5.32 Å². The molecule has 0 aromatic heterocycles. The average molecular weight is 289 g/mol. The lowest BCUT2D eigenvalue weighted by Gasteiger charge is -2.10. The van der Waals surface area contributed by atoms with Gasteiger partial charge in [0.15, 0.2) is 11.6 Å². The Morgan fingerprint density at radius 2 is 1.84 bits per heavy atom. The second-order valence-corrected chi connectivity index (χ2v) is 4.33. The third-order valence-electron chi connectivity index (χ3n) is 2.17. The summed E-state index contributed by atoms with van der Waals surface area (Å²) < 4.78 is 31.8. The van der Waals surface area contributed by atoms with E-state index >= 15 is 0 Å². The van der Waals surface area contributed by atoms with Gasteiger partial charge in [-0.1, -0.05) is 13.8 Å². The molecule has 0 aliphatic carbocycles. The Hall–Kier alpha value is -1.63. The Bertz CT molecular complexity index is 483. The number of halogens is 2. The topological polar surface area (TPSA) is 55.4 Å². The summed E-state index contributed by atoms with van der Waals surface area (Å²) in [5, 5.41) is 2.28. The Balaban J connectivity index is 3.04. The van der Waals surface area contributed by atoms with E-state index in [-0.39, 0.29) is 11.4 Å². The van der Waals surface area contributed by atoms with Crippen molar-refractivity contribution in [3.05, 3.63) is 29.3 Å². The summed E-state index contributed by atoms with van der Waals surface area (Å²) in [4.78, 5) is 22.7. The molecule has 0 unspecified atom stereocenters. The molecule has 0 aliphatic heterocycles. The lowest BCUT2D eigenvalue weighted by molar-refractivity contribution is -0.138. The van der Waals surface area contributed by atoms with Crippen LogP contribution in [0.3, 0.4) is 0 Å². The first kappa shape index (κ1) is 15.4. The number of carbonyl (C=O) groups is 2. The maximum absolute atomic E-state index is 13.6. The number of benzene rings is 1. The summed E-state index contributed by atoms with van der Waals surface area (Å²) >= 11 is 3.76. The highest BCUT2D eigenvalue weighted by Gasteiger charge is 2.20. The minimum absolute atomic E-state index is 0.0339. The van der Waals surface area contributed by atoms with Crippen molar-refractivity contribution in [2.45, 2.75) is 13.8 Å². The molecule has 1 amide bonds. The molecule has 1 N–H and O–H groups in total. The molecule has 0 saturated heterocycles. The van der Waals surface area contributed by atoms with Gasteiger partial charge in [-0.2, -0.15) is 12.6 Å². The molecular weight excluding hydrogens is 276 g/mol. The SMILES string of the molecule is CC(C)C(=O)Oc1c(F)cc(C(=O)NCS)cc1F. The molecule has 1 rings (SSSR count). The van der Waals surface area contributed by atoms with Crippen molar-refractivity contribution in [2.24, 2.45) is 5.92 Å². The highest BCUT2D eigenvalue weighted by atomic mass is 32.1. The van der Waals surface area contributed by atoms with Crippen molar-refractivity contribution in [3.63, 3.8) is 0 Å². The molecule has 7 heteroatoms. The first-order chi connectivity index (χ1) is 8.86. The number of hydrogen-bond acceptors (Lipinski definition) is 4. The van der Waals surface area contributed by atoms with Gasteiger partial charge < -0.3 is 10.1 Å². The Labute approximate surface area is 114 Å². The quantitative estimate of drug-likeness (QED) is 0.386. The summed E-state index contributed by atoms with van der Waals surface area (Å²) in [5.74, 6) is -4.95. The van der Waals surface area contributed by atoms with Crippen molar-refractivity contribution in [1.29, 1.82) is 0 Å². The summed E-state index contributed by atoms with van der Waals surface area (Å²) in [6.45, 7) is 3.07. The first-order valence-electron chi connectivity index (χ1n) is 5.46. The van der Waals surface area contributed by atoms with Gasteiger partial charge in [-0.15, -0.1) is 0 Å². The van der Waals surface area contributed by atoms with Gasteiger partial charge in [0.2, 0.25) is 5.75 Å². The lowest BCUT2D eigenvalue weighted by atomic mass is 10.2. The molecule has 0 bridgehead atoms. The van der Waals surface area contributed by atoms with Crippen LogP contribution in [0.1, 0.15) is 24.2 Å². The number of rotatable bonds is 4. The van der Waals surface area contributed by atoms with E-state index in [9.17, 15) is 18.4 Å². The molecule has 19 heavy (non-hydrogen) atoms. The number of hydrogen-bond donors (Lipinski definition) is 2. The van der Waals surface area contributed by atoms with E-state index in [0.29, 0.717) is 0 Å². The molecule has 1 aromatic carbocycles. The molecule has 1 aromatic rings. The van der Waals surface area contributed by atoms with E-state index in [4.69, 9.17) is 0 Å². The zero-order chi connectivity index (χ0) is 14.6. The maximum Gasteiger partial charge on any atom is 0.313 e. The molecule has 4 nitrogen and oxygen atoms in total. The predicted molar refractivity (Wildman–Crippen MR) is 68.2 cm³/mol. The fourth-order valence-corrected chi connectivity index (χ4v) is 1.32. The normalized spacial score (nSPS) is 10.4. The summed E-state index contributed by atoms with van der Waals surface area (Å²) in [5.41, 5.74) is -0.214. The van der Waals surface area contributed by atoms with E-state index in [1.54, 1.807) is 0 Å². The second kappa shape index (κ2) is 6.51. The predicted octanol–water partition coefficient (Wildman–Crippen LogP) is 2.14. The largest absolute Gasteiger partial charge is 0.420 e. The van der Waals surface area contributed by atoms with Crippen LogP contribution in [0.5, 0.6) is 5.75 Å². The number of amides is 1. The monoisotopic (exact) mass is 289 g/mol. The standard InChI is InChI=1S/C12H13F2NO3S/c1-6(2)12(17)18-10-8(13)3-7(4-9(10)14)11(16)15-5-19/h3-4,6,19H,5H2,1-2H3,(H,15,16). The average Bonchev–Trinajstić information content (AvgIpc) is 2.33. The van der Waals surface area contributed by atoms with Gasteiger partial charge in [0.05, 0.1) is 11.8 Å². The Morgan fingerprint density at radius 1 is 1.32 bits per heavy atom. The minimum Gasteiger partial charge on any atom is -0.420 e. The lowest BCUT2D eigenvalue weighted by Crippen LogP contribution is -2.22. The van der Waals surface area contributed by atoms with Crippen molar-refractivity contribution >= 4 is 24.5 Å². The fraction of sp³-hybridized carbons (Fsp3) is 0.333. The first-order valence-corrected chi connectivity index (χ1v) is 6.09. The molecule has 104 valence electrons. The smallest absolute Gasteiger partial charge is 0.313 e. The van der Waals surface area contributed by atoms with Gasteiger partial charge in [-0.3, -0.25) is 9.59 Å². The number of thiol groups is 1. The van der Waals surface area contributed by atoms with Crippen LogP contribution >= 0.6 is 12.6 Å². The number of esters is 1. The van der Waals surface area contributed by atoms with Gasteiger partial charge in [0, 0.05) is 5.56 Å². The van der Waals surface area contributed by atoms with Crippen LogP contribution < -0.4 is 10.1 Å². The van der Waals surface area contributed by atoms with Crippen molar-refractivity contribution in [3.8, 4) is 5.75 Å². The maximum atomic E-state index is 13.6. The van der Waals surface area contributed by atoms with Crippen LogP contribution in [0.15, 0.2) is 12.1 Å². The molecule has 0 atom stereocenters. The highest BCUT2D eigenvalue weighted by Crippen LogP contribution is 2.24. The highest BCUT2D eigenvalue weighted by molar-refractivity contribution is 7.80. The summed E-state index contributed by atoms with van der Waals surface area (Å²) in [6.07, 6.45) is 0. The number of nitrogens with one attached hydrogen (secondary N) is 1. The number of carbonyl (C=O) groups excluding carboxylic acids is 2. The van der Waals surface area contributed by atoms with Crippen LogP contribution in [0.4, 0.5) is 8.78 Å². The van der Waals surface area contributed by atoms with Gasteiger partial charge in [-0.25, -0.2) is 8.78 Å². The van der Waals surface area contributed by atoms with E-state index in [2.05, 4.69) is 22.7 Å². The summed E-state index contributed by atoms with van der Waals surface area (Å²) in [6, 6.07) is 1.59. The zero-order valence-electron chi connectivity index (χ0n) is 10.4. The molecule has 0 heterocycles. The minimum atomic E-state index is -1.11. The van der Waals surface area contributed by atoms with Crippen LogP contribution in [-0.4, -0.2) is 17.8 Å². The molecular formula is C12H13F2NO3S. The molecule has 0 radical (unpaired) electrons. The third-order valence-corrected chi connectivity index (χ3v) is 2.33. The van der Waals surface area contributed by atoms with E-state index in [0.717, 1.165) is 12.1 Å². The van der Waals surface area contributed by atoms with Crippen molar-refractivity contribution < 1.29 is 23.1 Å². The van der Waals surface area contributed by atoms with Gasteiger partial charge >= 0.3 is 5.97 Å². The Kier molecular flexibility index (Phi) is 5.29. The van der Waals surface area contributed by atoms with E-state index in [1.165, 1.54) is 13.8 Å². The van der Waals surface area contributed by atoms with Gasteiger partial charge in [-0.05, 0) is 12.1 Å². The Morgan fingerprint density at radius 3 is 2.26 bits per heavy atom. The summed E-state index contributed by atoms with van der Waals surface area (Å²) in [7, 11) is 0. The van der Waals surface area contributed by atoms with Gasteiger partial charge in [0.25, 0.3) is 5.91 Å². The van der Waals surface area contributed by atoms with Crippen molar-refractivity contribution in [2.75, 3.05) is 5.88 Å². The van der Waals surface area contributed by atoms with E-state index < -0.39 is 35.2 Å². The number of ether oxygens (including phenoxy) is 1. The molecule has 0 saturated carbocycles. The van der Waals surface area contributed by atoms with Crippen LogP contribution in [0, 0.1) is 17.6 Å². The molecule has 0 fully saturated rings. The van der Waals surface area contributed by atoms with E-state index in [1.807, 2.05) is 0 Å². The molecule has 0 aliphatic rings. The van der Waals surface area contributed by atoms with Crippen LogP contribution in [0.25, 0.3) is 0 Å². The fourth-order valence-electron chi connectivity index (χ4n) is 1.18. The van der Waals surface area contributed by atoms with Gasteiger partial charge in [0.1, 0.15) is 0 Å². The second-order valence-electron chi connectivity index (χ2n) is 4.01. The third kappa shape index (κ3) is 3.92. The zero-order valence-corrected chi connectivity index (χ0v) is 11.3. The van der Waals surface area contributed by atoms with Crippen LogP contribution in [0.2, 0.25) is 0 Å². The molecule has 0 spiro atoms.